The van der Waals surface area contributed by atoms with Gasteiger partial charge in [-0.3, -0.25) is 4.68 Å². The molecule has 110 valence electrons. The number of rotatable bonds is 5. The Morgan fingerprint density at radius 2 is 2.05 bits per heavy atom. The zero-order valence-electron chi connectivity index (χ0n) is 12.6. The number of aromatic nitrogens is 3. The summed E-state index contributed by atoms with van der Waals surface area (Å²) in [5.74, 6) is 0. The Labute approximate surface area is 124 Å². The third-order valence-corrected chi connectivity index (χ3v) is 3.95. The van der Waals surface area contributed by atoms with Gasteiger partial charge in [-0.05, 0) is 30.9 Å². The number of hydrogen-bond acceptors (Lipinski definition) is 2. The minimum absolute atomic E-state index is 0.0641. The minimum atomic E-state index is 0.0641. The zero-order chi connectivity index (χ0) is 14.8. The number of aliphatic hydroxyl groups excluding tert-OH is 1. The van der Waals surface area contributed by atoms with Crippen molar-refractivity contribution in [3.05, 3.63) is 53.5 Å². The molecule has 2 aromatic heterocycles. The lowest BCUT2D eigenvalue weighted by molar-refractivity contribution is 0.283. The van der Waals surface area contributed by atoms with Crippen LogP contribution in [0.1, 0.15) is 30.8 Å². The molecule has 4 nitrogen and oxygen atoms in total. The van der Waals surface area contributed by atoms with Crippen LogP contribution in [0, 0.1) is 0 Å². The molecule has 21 heavy (non-hydrogen) atoms. The lowest BCUT2D eigenvalue weighted by Crippen LogP contribution is -2.08. The van der Waals surface area contributed by atoms with E-state index in [1.165, 1.54) is 11.1 Å². The van der Waals surface area contributed by atoms with Crippen LogP contribution in [0.2, 0.25) is 0 Å². The van der Waals surface area contributed by atoms with Crippen LogP contribution in [0.5, 0.6) is 0 Å². The Balaban J connectivity index is 2.04. The first-order valence-corrected chi connectivity index (χ1v) is 7.50. The highest BCUT2D eigenvalue weighted by Crippen LogP contribution is 2.22. The topological polar surface area (TPSA) is 43.0 Å². The van der Waals surface area contributed by atoms with Gasteiger partial charge in [0.15, 0.2) is 0 Å². The Morgan fingerprint density at radius 1 is 1.19 bits per heavy atom. The van der Waals surface area contributed by atoms with E-state index in [1.807, 2.05) is 12.1 Å². The van der Waals surface area contributed by atoms with E-state index in [9.17, 15) is 5.11 Å². The maximum Gasteiger partial charge on any atom is 0.0702 e. The summed E-state index contributed by atoms with van der Waals surface area (Å²) in [4.78, 5) is 0. The number of benzene rings is 1. The molecule has 0 bridgehead atoms. The molecule has 0 amide bonds. The molecule has 1 aromatic carbocycles. The fourth-order valence-corrected chi connectivity index (χ4v) is 2.86. The predicted octanol–water partition coefficient (Wildman–Crippen LogP) is 2.96. The van der Waals surface area contributed by atoms with Crippen LogP contribution in [0.25, 0.3) is 10.9 Å². The molecule has 0 unspecified atom stereocenters. The molecule has 3 aromatic rings. The maximum absolute atomic E-state index is 9.56. The van der Waals surface area contributed by atoms with Gasteiger partial charge in [0.05, 0.1) is 30.1 Å². The van der Waals surface area contributed by atoms with Crippen molar-refractivity contribution in [1.82, 2.24) is 14.3 Å². The molecule has 0 saturated heterocycles. The molecule has 0 aliphatic rings. The number of hydrogen-bond donors (Lipinski definition) is 1. The first-order chi connectivity index (χ1) is 10.3. The van der Waals surface area contributed by atoms with E-state index < -0.39 is 0 Å². The summed E-state index contributed by atoms with van der Waals surface area (Å²) in [6, 6.07) is 10.3. The second-order valence-corrected chi connectivity index (χ2v) is 5.25. The van der Waals surface area contributed by atoms with Crippen molar-refractivity contribution in [3.8, 4) is 0 Å². The summed E-state index contributed by atoms with van der Waals surface area (Å²) in [6.45, 7) is 5.96. The van der Waals surface area contributed by atoms with E-state index in [-0.39, 0.29) is 6.61 Å². The van der Waals surface area contributed by atoms with Crippen LogP contribution in [0.4, 0.5) is 0 Å². The van der Waals surface area contributed by atoms with Crippen molar-refractivity contribution in [2.75, 3.05) is 0 Å². The molecule has 0 aliphatic carbocycles. The number of fused-ring (bicyclic) bond motifs is 1. The van der Waals surface area contributed by atoms with Gasteiger partial charge in [-0.25, -0.2) is 0 Å². The predicted molar refractivity (Wildman–Crippen MR) is 84.2 cm³/mol. The molecule has 4 heteroatoms. The molecule has 0 aliphatic heterocycles. The molecule has 0 radical (unpaired) electrons. The Kier molecular flexibility index (Phi) is 3.80. The maximum atomic E-state index is 9.56. The van der Waals surface area contributed by atoms with Gasteiger partial charge in [0.2, 0.25) is 0 Å². The summed E-state index contributed by atoms with van der Waals surface area (Å²) < 4.78 is 4.26. The first-order valence-electron chi connectivity index (χ1n) is 7.50. The van der Waals surface area contributed by atoms with E-state index in [2.05, 4.69) is 52.6 Å². The lowest BCUT2D eigenvalue weighted by atomic mass is 10.1. The van der Waals surface area contributed by atoms with Crippen LogP contribution in [0.3, 0.4) is 0 Å². The van der Waals surface area contributed by atoms with Crippen LogP contribution < -0.4 is 0 Å². The van der Waals surface area contributed by atoms with Gasteiger partial charge < -0.3 is 9.67 Å². The van der Waals surface area contributed by atoms with Gasteiger partial charge in [-0.15, -0.1) is 0 Å². The van der Waals surface area contributed by atoms with Crippen LogP contribution in [-0.2, 0) is 26.1 Å². The molecular weight excluding hydrogens is 262 g/mol. The molecule has 1 N–H and O–H groups in total. The molecule has 0 saturated carbocycles. The second kappa shape index (κ2) is 5.74. The van der Waals surface area contributed by atoms with E-state index in [0.717, 1.165) is 36.3 Å². The van der Waals surface area contributed by atoms with Crippen molar-refractivity contribution in [2.45, 2.75) is 40.0 Å². The average molecular weight is 283 g/mol. The van der Waals surface area contributed by atoms with Crippen LogP contribution in [-0.4, -0.2) is 19.5 Å². The fraction of sp³-hybridized carbons (Fsp3) is 0.353. The van der Waals surface area contributed by atoms with Crippen LogP contribution >= 0.6 is 0 Å². The summed E-state index contributed by atoms with van der Waals surface area (Å²) in [7, 11) is 0. The largest absolute Gasteiger partial charge is 0.392 e. The van der Waals surface area contributed by atoms with Crippen molar-refractivity contribution in [3.63, 3.8) is 0 Å². The molecule has 0 fully saturated rings. The van der Waals surface area contributed by atoms with Crippen LogP contribution in [0.15, 0.2) is 36.5 Å². The fourth-order valence-electron chi connectivity index (χ4n) is 2.86. The van der Waals surface area contributed by atoms with E-state index in [1.54, 1.807) is 0 Å². The van der Waals surface area contributed by atoms with Gasteiger partial charge in [-0.2, -0.15) is 5.10 Å². The molecule has 2 heterocycles. The standard InChI is InChI=1S/C17H21N3O/c1-3-15-10-16(20(4-2)18-15)11-19-9-8-13-6-5-7-14(12-21)17(13)19/h5-10,21H,3-4,11-12H2,1-2H3. The Morgan fingerprint density at radius 3 is 2.76 bits per heavy atom. The van der Waals surface area contributed by atoms with E-state index >= 15 is 0 Å². The van der Waals surface area contributed by atoms with Gasteiger partial charge in [0, 0.05) is 18.3 Å². The molecule has 0 spiro atoms. The highest BCUT2D eigenvalue weighted by atomic mass is 16.3. The Bertz CT molecular complexity index is 755. The SMILES string of the molecule is CCc1cc(Cn2ccc3cccc(CO)c32)n(CC)n1. The summed E-state index contributed by atoms with van der Waals surface area (Å²) in [6.07, 6.45) is 3.04. The molecular formula is C17H21N3O. The number of para-hydroxylation sites is 1. The second-order valence-electron chi connectivity index (χ2n) is 5.25. The van der Waals surface area contributed by atoms with Gasteiger partial charge in [0.1, 0.15) is 0 Å². The van der Waals surface area contributed by atoms with Crippen molar-refractivity contribution in [2.24, 2.45) is 0 Å². The first kappa shape index (κ1) is 13.9. The minimum Gasteiger partial charge on any atom is -0.392 e. The number of aliphatic hydroxyl groups is 1. The molecule has 0 atom stereocenters. The van der Waals surface area contributed by atoms with Crippen molar-refractivity contribution < 1.29 is 5.11 Å². The monoisotopic (exact) mass is 283 g/mol. The quantitative estimate of drug-likeness (QED) is 0.782. The highest BCUT2D eigenvalue weighted by Gasteiger charge is 2.10. The van der Waals surface area contributed by atoms with Crippen molar-refractivity contribution >= 4 is 10.9 Å². The molecule has 3 rings (SSSR count). The summed E-state index contributed by atoms with van der Waals surface area (Å²) in [5.41, 5.74) is 4.42. The van der Waals surface area contributed by atoms with E-state index in [0.29, 0.717) is 0 Å². The van der Waals surface area contributed by atoms with Gasteiger partial charge in [0.25, 0.3) is 0 Å². The Hall–Kier alpha value is -2.07. The summed E-state index contributed by atoms with van der Waals surface area (Å²) >= 11 is 0. The lowest BCUT2D eigenvalue weighted by Gasteiger charge is -2.10. The normalized spacial score (nSPS) is 11.4. The highest BCUT2D eigenvalue weighted by molar-refractivity contribution is 5.83. The van der Waals surface area contributed by atoms with Crippen molar-refractivity contribution in [1.29, 1.82) is 0 Å². The smallest absolute Gasteiger partial charge is 0.0702 e. The number of aryl methyl sites for hydroxylation is 2. The van der Waals surface area contributed by atoms with Gasteiger partial charge >= 0.3 is 0 Å². The third-order valence-electron chi connectivity index (χ3n) is 3.95. The summed E-state index contributed by atoms with van der Waals surface area (Å²) in [5, 5.41) is 15.3. The van der Waals surface area contributed by atoms with E-state index in [4.69, 9.17) is 0 Å². The zero-order valence-corrected chi connectivity index (χ0v) is 12.6. The average Bonchev–Trinajstić information content (AvgIpc) is 3.11. The van der Waals surface area contributed by atoms with Gasteiger partial charge in [-0.1, -0.05) is 25.1 Å². The third kappa shape index (κ3) is 2.47. The number of nitrogens with zero attached hydrogens (tertiary/aromatic N) is 3.